The van der Waals surface area contributed by atoms with E-state index >= 15 is 0 Å². The molecule has 0 aliphatic rings. The van der Waals surface area contributed by atoms with Gasteiger partial charge in [0.25, 0.3) is 5.91 Å². The summed E-state index contributed by atoms with van der Waals surface area (Å²) in [5, 5.41) is 6.07. The van der Waals surface area contributed by atoms with Gasteiger partial charge in [-0.25, -0.2) is 4.98 Å². The molecule has 0 saturated carbocycles. The Morgan fingerprint density at radius 3 is 2.56 bits per heavy atom. The second kappa shape index (κ2) is 7.31. The number of thiazole rings is 1. The normalized spacial score (nSPS) is 10.5. The molecule has 0 aliphatic heterocycles. The third-order valence-electron chi connectivity index (χ3n) is 3.36. The quantitative estimate of drug-likeness (QED) is 0.727. The predicted molar refractivity (Wildman–Crippen MR) is 99.5 cm³/mol. The van der Waals surface area contributed by atoms with E-state index in [1.54, 1.807) is 30.3 Å². The van der Waals surface area contributed by atoms with E-state index in [1.807, 2.05) is 19.1 Å². The van der Waals surface area contributed by atoms with E-state index in [0.717, 1.165) is 16.0 Å². The summed E-state index contributed by atoms with van der Waals surface area (Å²) in [6, 6.07) is 12.4. The molecule has 1 aromatic heterocycles. The van der Waals surface area contributed by atoms with Crippen LogP contribution in [0.2, 0.25) is 0 Å². The topological polar surface area (TPSA) is 80.3 Å². The lowest BCUT2D eigenvalue weighted by Crippen LogP contribution is -2.11. The van der Waals surface area contributed by atoms with Gasteiger partial charge in [-0.1, -0.05) is 11.3 Å². The van der Waals surface area contributed by atoms with Crippen LogP contribution in [0, 0.1) is 0 Å². The van der Waals surface area contributed by atoms with E-state index in [1.165, 1.54) is 18.3 Å². The standard InChI is InChI=1S/C18H17N3O3S/c1-3-24-14-7-4-12(5-8-14)17(23)20-13-6-9-15-16(10-13)25-18(21-15)19-11(2)22/h4-10H,3H2,1-2H3,(H,20,23)(H,19,21,22). The number of benzene rings is 2. The van der Waals surface area contributed by atoms with Gasteiger partial charge in [0, 0.05) is 18.2 Å². The summed E-state index contributed by atoms with van der Waals surface area (Å²) in [4.78, 5) is 27.8. The molecule has 1 heterocycles. The third kappa shape index (κ3) is 4.13. The Labute approximate surface area is 148 Å². The molecule has 0 atom stereocenters. The first-order valence-electron chi connectivity index (χ1n) is 7.77. The molecule has 0 saturated heterocycles. The number of aromatic nitrogens is 1. The highest BCUT2D eigenvalue weighted by Gasteiger charge is 2.09. The zero-order chi connectivity index (χ0) is 17.8. The maximum atomic E-state index is 12.3. The van der Waals surface area contributed by atoms with Crippen LogP contribution in [-0.2, 0) is 4.79 Å². The predicted octanol–water partition coefficient (Wildman–Crippen LogP) is 3.91. The number of anilines is 2. The van der Waals surface area contributed by atoms with Crippen LogP contribution >= 0.6 is 11.3 Å². The average molecular weight is 355 g/mol. The highest BCUT2D eigenvalue weighted by molar-refractivity contribution is 7.22. The molecule has 2 aromatic carbocycles. The molecular formula is C18H17N3O3S. The molecule has 25 heavy (non-hydrogen) atoms. The molecule has 0 spiro atoms. The molecule has 0 unspecified atom stereocenters. The number of hydrogen-bond acceptors (Lipinski definition) is 5. The lowest BCUT2D eigenvalue weighted by atomic mass is 10.2. The number of fused-ring (bicyclic) bond motifs is 1. The van der Waals surface area contributed by atoms with Crippen molar-refractivity contribution in [3.8, 4) is 5.75 Å². The van der Waals surface area contributed by atoms with E-state index < -0.39 is 0 Å². The maximum Gasteiger partial charge on any atom is 0.255 e. The van der Waals surface area contributed by atoms with Gasteiger partial charge in [-0.3, -0.25) is 9.59 Å². The maximum absolute atomic E-state index is 12.3. The number of carbonyl (C=O) groups is 2. The van der Waals surface area contributed by atoms with Crippen LogP contribution in [-0.4, -0.2) is 23.4 Å². The Kier molecular flexibility index (Phi) is 4.95. The molecule has 2 amide bonds. The Bertz CT molecular complexity index is 919. The van der Waals surface area contributed by atoms with Gasteiger partial charge in [0.1, 0.15) is 5.75 Å². The lowest BCUT2D eigenvalue weighted by Gasteiger charge is -2.07. The molecule has 2 N–H and O–H groups in total. The first-order chi connectivity index (χ1) is 12.0. The van der Waals surface area contributed by atoms with Crippen molar-refractivity contribution in [3.05, 3.63) is 48.0 Å². The first-order valence-corrected chi connectivity index (χ1v) is 8.59. The van der Waals surface area contributed by atoms with E-state index in [0.29, 0.717) is 23.0 Å². The van der Waals surface area contributed by atoms with Crippen molar-refractivity contribution in [3.63, 3.8) is 0 Å². The van der Waals surface area contributed by atoms with Crippen molar-refractivity contribution in [2.24, 2.45) is 0 Å². The average Bonchev–Trinajstić information content (AvgIpc) is 2.96. The number of amides is 2. The summed E-state index contributed by atoms with van der Waals surface area (Å²) in [6.45, 7) is 3.93. The van der Waals surface area contributed by atoms with Crippen molar-refractivity contribution in [2.75, 3.05) is 17.2 Å². The molecule has 3 rings (SSSR count). The van der Waals surface area contributed by atoms with Gasteiger partial charge in [-0.05, 0) is 49.4 Å². The van der Waals surface area contributed by atoms with Crippen molar-refractivity contribution in [1.29, 1.82) is 0 Å². The Balaban J connectivity index is 1.75. The zero-order valence-electron chi connectivity index (χ0n) is 13.8. The van der Waals surface area contributed by atoms with Crippen LogP contribution in [0.1, 0.15) is 24.2 Å². The Morgan fingerprint density at radius 1 is 1.12 bits per heavy atom. The largest absolute Gasteiger partial charge is 0.494 e. The van der Waals surface area contributed by atoms with Gasteiger partial charge in [0.05, 0.1) is 16.8 Å². The number of nitrogens with one attached hydrogen (secondary N) is 2. The van der Waals surface area contributed by atoms with Crippen LogP contribution in [0.15, 0.2) is 42.5 Å². The molecule has 128 valence electrons. The molecular weight excluding hydrogens is 338 g/mol. The minimum atomic E-state index is -0.200. The number of rotatable bonds is 5. The molecule has 3 aromatic rings. The van der Waals surface area contributed by atoms with Crippen molar-refractivity contribution in [2.45, 2.75) is 13.8 Å². The van der Waals surface area contributed by atoms with Gasteiger partial charge in [0.2, 0.25) is 5.91 Å². The van der Waals surface area contributed by atoms with Crippen molar-refractivity contribution < 1.29 is 14.3 Å². The fraction of sp³-hybridized carbons (Fsp3) is 0.167. The van der Waals surface area contributed by atoms with Gasteiger partial charge in [0.15, 0.2) is 5.13 Å². The fourth-order valence-corrected chi connectivity index (χ4v) is 3.23. The van der Waals surface area contributed by atoms with Gasteiger partial charge >= 0.3 is 0 Å². The van der Waals surface area contributed by atoms with E-state index in [9.17, 15) is 9.59 Å². The second-order valence-corrected chi connectivity index (χ2v) is 6.32. The molecule has 0 aliphatic carbocycles. The van der Waals surface area contributed by atoms with Crippen LogP contribution in [0.4, 0.5) is 10.8 Å². The summed E-state index contributed by atoms with van der Waals surface area (Å²) in [6.07, 6.45) is 0. The number of hydrogen-bond donors (Lipinski definition) is 2. The van der Waals surface area contributed by atoms with Gasteiger partial charge < -0.3 is 15.4 Å². The molecule has 7 heteroatoms. The summed E-state index contributed by atoms with van der Waals surface area (Å²) >= 11 is 1.36. The number of nitrogens with zero attached hydrogens (tertiary/aromatic N) is 1. The van der Waals surface area contributed by atoms with Crippen LogP contribution < -0.4 is 15.4 Å². The Hall–Kier alpha value is -2.93. The minimum absolute atomic E-state index is 0.164. The van der Waals surface area contributed by atoms with Crippen molar-refractivity contribution in [1.82, 2.24) is 4.98 Å². The second-order valence-electron chi connectivity index (χ2n) is 5.29. The summed E-state index contributed by atoms with van der Waals surface area (Å²) in [7, 11) is 0. The van der Waals surface area contributed by atoms with Crippen LogP contribution in [0.3, 0.4) is 0 Å². The van der Waals surface area contributed by atoms with Gasteiger partial charge in [-0.2, -0.15) is 0 Å². The monoisotopic (exact) mass is 355 g/mol. The summed E-state index contributed by atoms with van der Waals surface area (Å²) in [5.41, 5.74) is 1.99. The zero-order valence-corrected chi connectivity index (χ0v) is 14.6. The molecule has 0 bridgehead atoms. The third-order valence-corrected chi connectivity index (χ3v) is 4.29. The highest BCUT2D eigenvalue weighted by Crippen LogP contribution is 2.28. The minimum Gasteiger partial charge on any atom is -0.494 e. The van der Waals surface area contributed by atoms with Crippen LogP contribution in [0.5, 0.6) is 5.75 Å². The van der Waals surface area contributed by atoms with Crippen LogP contribution in [0.25, 0.3) is 10.2 Å². The number of ether oxygens (including phenoxy) is 1. The van der Waals surface area contributed by atoms with E-state index in [4.69, 9.17) is 4.74 Å². The lowest BCUT2D eigenvalue weighted by molar-refractivity contribution is -0.114. The summed E-state index contributed by atoms with van der Waals surface area (Å²) in [5.74, 6) is 0.368. The summed E-state index contributed by atoms with van der Waals surface area (Å²) < 4.78 is 6.25. The molecule has 0 radical (unpaired) electrons. The highest BCUT2D eigenvalue weighted by atomic mass is 32.1. The smallest absolute Gasteiger partial charge is 0.255 e. The van der Waals surface area contributed by atoms with E-state index in [2.05, 4.69) is 15.6 Å². The Morgan fingerprint density at radius 2 is 1.88 bits per heavy atom. The first kappa shape index (κ1) is 16.9. The molecule has 6 nitrogen and oxygen atoms in total. The molecule has 0 fully saturated rings. The SMILES string of the molecule is CCOc1ccc(C(=O)Nc2ccc3nc(NC(C)=O)sc3c2)cc1. The fourth-order valence-electron chi connectivity index (χ4n) is 2.28. The number of carbonyl (C=O) groups excluding carboxylic acids is 2. The van der Waals surface area contributed by atoms with E-state index in [-0.39, 0.29) is 11.8 Å². The van der Waals surface area contributed by atoms with Gasteiger partial charge in [-0.15, -0.1) is 0 Å². The van der Waals surface area contributed by atoms with Crippen molar-refractivity contribution >= 4 is 44.2 Å².